The first-order chi connectivity index (χ1) is 6.36. The second-order valence-electron chi connectivity index (χ2n) is 6.05. The molecule has 0 saturated heterocycles. The van der Waals surface area contributed by atoms with Crippen molar-refractivity contribution in [1.82, 2.24) is 5.32 Å². The standard InChI is InChI=1S/C12H21NO/c1-8(14)13-10-11(2,3)9-5-6-12(10,4)7-9/h9-10H,5-7H2,1-4H3,(H,13,14). The molecule has 3 atom stereocenters. The number of hydrogen-bond donors (Lipinski definition) is 1. The molecule has 2 nitrogen and oxygen atoms in total. The van der Waals surface area contributed by atoms with Crippen LogP contribution >= 0.6 is 0 Å². The fourth-order valence-electron chi connectivity index (χ4n) is 3.87. The van der Waals surface area contributed by atoms with Gasteiger partial charge in [-0.3, -0.25) is 4.79 Å². The fourth-order valence-corrected chi connectivity index (χ4v) is 3.87. The lowest BCUT2D eigenvalue weighted by molar-refractivity contribution is -0.121. The van der Waals surface area contributed by atoms with Crippen molar-refractivity contribution in [3.05, 3.63) is 0 Å². The van der Waals surface area contributed by atoms with Crippen LogP contribution in [-0.2, 0) is 4.79 Å². The molecular formula is C12H21NO. The van der Waals surface area contributed by atoms with Crippen molar-refractivity contribution >= 4 is 5.91 Å². The number of amides is 1. The Morgan fingerprint density at radius 1 is 1.36 bits per heavy atom. The molecule has 2 fully saturated rings. The minimum Gasteiger partial charge on any atom is -0.353 e. The lowest BCUT2D eigenvalue weighted by atomic mass is 9.68. The number of nitrogens with one attached hydrogen (secondary N) is 1. The van der Waals surface area contributed by atoms with Crippen molar-refractivity contribution in [1.29, 1.82) is 0 Å². The van der Waals surface area contributed by atoms with E-state index in [-0.39, 0.29) is 5.91 Å². The third kappa shape index (κ3) is 1.19. The third-order valence-electron chi connectivity index (χ3n) is 4.62. The van der Waals surface area contributed by atoms with E-state index in [1.807, 2.05) is 0 Å². The van der Waals surface area contributed by atoms with Crippen LogP contribution < -0.4 is 5.32 Å². The van der Waals surface area contributed by atoms with Gasteiger partial charge in [0.1, 0.15) is 0 Å². The topological polar surface area (TPSA) is 29.1 Å². The van der Waals surface area contributed by atoms with Gasteiger partial charge >= 0.3 is 0 Å². The van der Waals surface area contributed by atoms with Crippen molar-refractivity contribution in [2.45, 2.75) is 53.0 Å². The van der Waals surface area contributed by atoms with E-state index in [1.54, 1.807) is 6.92 Å². The van der Waals surface area contributed by atoms with Crippen LogP contribution in [0.25, 0.3) is 0 Å². The van der Waals surface area contributed by atoms with Crippen molar-refractivity contribution in [2.24, 2.45) is 16.7 Å². The summed E-state index contributed by atoms with van der Waals surface area (Å²) in [6, 6.07) is 0.381. The van der Waals surface area contributed by atoms with Crippen LogP contribution in [0.4, 0.5) is 0 Å². The molecule has 14 heavy (non-hydrogen) atoms. The molecule has 0 aromatic carbocycles. The number of hydrogen-bond acceptors (Lipinski definition) is 1. The van der Waals surface area contributed by atoms with E-state index in [0.717, 1.165) is 5.92 Å². The molecule has 2 saturated carbocycles. The van der Waals surface area contributed by atoms with Gasteiger partial charge in [-0.05, 0) is 36.0 Å². The third-order valence-corrected chi connectivity index (χ3v) is 4.62. The molecule has 2 rings (SSSR count). The number of fused-ring (bicyclic) bond motifs is 2. The Morgan fingerprint density at radius 3 is 2.43 bits per heavy atom. The first-order valence-corrected chi connectivity index (χ1v) is 5.63. The van der Waals surface area contributed by atoms with Crippen LogP contribution in [-0.4, -0.2) is 11.9 Å². The molecule has 0 aliphatic heterocycles. The van der Waals surface area contributed by atoms with Crippen molar-refractivity contribution < 1.29 is 4.79 Å². The minimum absolute atomic E-state index is 0.122. The second kappa shape index (κ2) is 2.74. The van der Waals surface area contributed by atoms with E-state index in [4.69, 9.17) is 0 Å². The zero-order valence-electron chi connectivity index (χ0n) is 9.68. The summed E-state index contributed by atoms with van der Waals surface area (Å²) in [5, 5.41) is 3.16. The summed E-state index contributed by atoms with van der Waals surface area (Å²) in [4.78, 5) is 11.2. The van der Waals surface area contributed by atoms with Gasteiger partial charge in [0, 0.05) is 13.0 Å². The Hall–Kier alpha value is -0.530. The Morgan fingerprint density at radius 2 is 2.00 bits per heavy atom. The molecule has 80 valence electrons. The summed E-state index contributed by atoms with van der Waals surface area (Å²) in [6.45, 7) is 8.58. The average molecular weight is 195 g/mol. The number of carbonyl (C=O) groups excluding carboxylic acids is 1. The van der Waals surface area contributed by atoms with E-state index in [9.17, 15) is 4.79 Å². The highest BCUT2D eigenvalue weighted by Crippen LogP contribution is 2.62. The summed E-state index contributed by atoms with van der Waals surface area (Å²) in [5.74, 6) is 0.932. The molecule has 0 radical (unpaired) electrons. The molecule has 0 heterocycles. The summed E-state index contributed by atoms with van der Waals surface area (Å²) in [7, 11) is 0. The summed E-state index contributed by atoms with van der Waals surface area (Å²) in [5.41, 5.74) is 0.651. The molecule has 0 spiro atoms. The molecule has 1 amide bonds. The van der Waals surface area contributed by atoms with E-state index in [0.29, 0.717) is 16.9 Å². The van der Waals surface area contributed by atoms with Gasteiger partial charge in [0.05, 0.1) is 0 Å². The molecule has 3 unspecified atom stereocenters. The first-order valence-electron chi connectivity index (χ1n) is 5.63. The Labute approximate surface area is 86.5 Å². The van der Waals surface area contributed by atoms with E-state index < -0.39 is 0 Å². The maximum atomic E-state index is 11.2. The summed E-state index contributed by atoms with van der Waals surface area (Å²) >= 11 is 0. The first kappa shape index (κ1) is 10.0. The maximum absolute atomic E-state index is 11.2. The van der Waals surface area contributed by atoms with Crippen LogP contribution in [0.3, 0.4) is 0 Å². The fraction of sp³-hybridized carbons (Fsp3) is 0.917. The molecule has 2 bridgehead atoms. The van der Waals surface area contributed by atoms with E-state index in [1.165, 1.54) is 19.3 Å². The predicted molar refractivity (Wildman–Crippen MR) is 56.8 cm³/mol. The minimum atomic E-state index is 0.122. The van der Waals surface area contributed by atoms with Gasteiger partial charge in [-0.15, -0.1) is 0 Å². The summed E-state index contributed by atoms with van der Waals surface area (Å²) in [6.07, 6.45) is 3.93. The number of rotatable bonds is 1. The molecule has 0 aromatic rings. The van der Waals surface area contributed by atoms with Gasteiger partial charge in [0.2, 0.25) is 5.91 Å². The quantitative estimate of drug-likeness (QED) is 0.683. The number of carbonyl (C=O) groups is 1. The Balaban J connectivity index is 2.25. The van der Waals surface area contributed by atoms with Gasteiger partial charge in [0.25, 0.3) is 0 Å². The SMILES string of the molecule is CC(=O)NC1C2(C)CCC(C2)C1(C)C. The molecule has 2 aliphatic rings. The van der Waals surface area contributed by atoms with E-state index in [2.05, 4.69) is 26.1 Å². The maximum Gasteiger partial charge on any atom is 0.217 e. The summed E-state index contributed by atoms with van der Waals surface area (Å²) < 4.78 is 0. The zero-order valence-corrected chi connectivity index (χ0v) is 9.68. The van der Waals surface area contributed by atoms with Crippen molar-refractivity contribution in [3.8, 4) is 0 Å². The van der Waals surface area contributed by atoms with Crippen LogP contribution in [0.2, 0.25) is 0 Å². The zero-order chi connectivity index (χ0) is 10.6. The lowest BCUT2D eigenvalue weighted by Gasteiger charge is -2.42. The molecule has 0 aromatic heterocycles. The van der Waals surface area contributed by atoms with Crippen LogP contribution in [0, 0.1) is 16.7 Å². The van der Waals surface area contributed by atoms with Crippen LogP contribution in [0.5, 0.6) is 0 Å². The van der Waals surface area contributed by atoms with Crippen molar-refractivity contribution in [3.63, 3.8) is 0 Å². The molecule has 2 aliphatic carbocycles. The highest BCUT2D eigenvalue weighted by Gasteiger charge is 2.59. The van der Waals surface area contributed by atoms with Gasteiger partial charge in [-0.1, -0.05) is 20.8 Å². The average Bonchev–Trinajstić information content (AvgIpc) is 2.49. The smallest absolute Gasteiger partial charge is 0.217 e. The Kier molecular flexibility index (Phi) is 1.96. The molecular weight excluding hydrogens is 174 g/mol. The van der Waals surface area contributed by atoms with Crippen LogP contribution in [0.15, 0.2) is 0 Å². The van der Waals surface area contributed by atoms with Crippen LogP contribution in [0.1, 0.15) is 47.0 Å². The monoisotopic (exact) mass is 195 g/mol. The Bertz CT molecular complexity index is 267. The molecule has 1 N–H and O–H groups in total. The highest BCUT2D eigenvalue weighted by atomic mass is 16.1. The second-order valence-corrected chi connectivity index (χ2v) is 6.05. The van der Waals surface area contributed by atoms with Gasteiger partial charge in [-0.2, -0.15) is 0 Å². The lowest BCUT2D eigenvalue weighted by Crippen LogP contribution is -2.51. The molecule has 2 heteroatoms. The van der Waals surface area contributed by atoms with Crippen molar-refractivity contribution in [2.75, 3.05) is 0 Å². The van der Waals surface area contributed by atoms with Gasteiger partial charge < -0.3 is 5.32 Å². The van der Waals surface area contributed by atoms with Gasteiger partial charge in [-0.25, -0.2) is 0 Å². The van der Waals surface area contributed by atoms with E-state index >= 15 is 0 Å². The van der Waals surface area contributed by atoms with Gasteiger partial charge in [0.15, 0.2) is 0 Å². The highest BCUT2D eigenvalue weighted by molar-refractivity contribution is 5.73. The normalized spacial score (nSPS) is 44.0. The predicted octanol–water partition coefficient (Wildman–Crippen LogP) is 2.34. The largest absolute Gasteiger partial charge is 0.353 e.